The summed E-state index contributed by atoms with van der Waals surface area (Å²) in [5.74, 6) is -0.953. The van der Waals surface area contributed by atoms with Gasteiger partial charge in [-0.1, -0.05) is 11.6 Å². The fourth-order valence-electron chi connectivity index (χ4n) is 2.92. The highest BCUT2D eigenvalue weighted by molar-refractivity contribution is 7.17. The van der Waals surface area contributed by atoms with E-state index in [0.717, 1.165) is 22.3 Å². The number of hydrogen-bond acceptors (Lipinski definition) is 6. The minimum absolute atomic E-state index is 0.0303. The van der Waals surface area contributed by atoms with Crippen LogP contribution in [0.3, 0.4) is 0 Å². The molecule has 0 bridgehead atoms. The van der Waals surface area contributed by atoms with Crippen molar-refractivity contribution in [2.24, 2.45) is 0 Å². The molecule has 0 aliphatic carbocycles. The van der Waals surface area contributed by atoms with Gasteiger partial charge in [0.2, 0.25) is 0 Å². The maximum Gasteiger partial charge on any atom is 0.418 e. The standard InChI is InChI=1S/C19H19ClF3N3O4S/c20-16-4-3-15(31-16)18(29)25-9-12(27)8-24-11-1-2-14(13(7-11)19(21,22)23)26-5-6-30-10-17(26)28/h1-4,7,12,24,27H,5-6,8-10H2,(H,25,29)/t12-/m1/s1. The van der Waals surface area contributed by atoms with E-state index in [1.54, 1.807) is 12.1 Å². The molecule has 2 heterocycles. The van der Waals surface area contributed by atoms with Gasteiger partial charge in [0.05, 0.1) is 33.2 Å². The lowest BCUT2D eigenvalue weighted by Crippen LogP contribution is -2.42. The number of alkyl halides is 3. The number of morpholine rings is 1. The van der Waals surface area contributed by atoms with Crippen LogP contribution in [0.1, 0.15) is 15.2 Å². The molecule has 1 aliphatic rings. The molecular formula is C19H19ClF3N3O4S. The first-order chi connectivity index (χ1) is 14.6. The number of carbonyl (C=O) groups excluding carboxylic acids is 2. The molecule has 1 aromatic heterocycles. The molecule has 0 spiro atoms. The van der Waals surface area contributed by atoms with Gasteiger partial charge in [0.15, 0.2) is 0 Å². The zero-order chi connectivity index (χ0) is 22.6. The first-order valence-corrected chi connectivity index (χ1v) is 10.4. The second-order valence-corrected chi connectivity index (χ2v) is 8.39. The number of ether oxygens (including phenoxy) is 1. The van der Waals surface area contributed by atoms with Gasteiger partial charge in [0, 0.05) is 25.3 Å². The summed E-state index contributed by atoms with van der Waals surface area (Å²) in [6, 6.07) is 6.62. The number of aliphatic hydroxyl groups excluding tert-OH is 1. The summed E-state index contributed by atoms with van der Waals surface area (Å²) in [5.41, 5.74) is -1.09. The first-order valence-electron chi connectivity index (χ1n) is 9.20. The number of rotatable bonds is 7. The molecule has 1 fully saturated rings. The fraction of sp³-hybridized carbons (Fsp3) is 0.368. The Hall–Kier alpha value is -2.34. The number of anilines is 2. The molecule has 1 atom stereocenters. The van der Waals surface area contributed by atoms with Gasteiger partial charge in [-0.2, -0.15) is 13.2 Å². The molecule has 7 nitrogen and oxygen atoms in total. The zero-order valence-corrected chi connectivity index (χ0v) is 17.6. The lowest BCUT2D eigenvalue weighted by molar-refractivity contribution is -0.137. The summed E-state index contributed by atoms with van der Waals surface area (Å²) >= 11 is 6.86. The summed E-state index contributed by atoms with van der Waals surface area (Å²) in [7, 11) is 0. The Kier molecular flexibility index (Phi) is 7.42. The van der Waals surface area contributed by atoms with Crippen LogP contribution < -0.4 is 15.5 Å². The number of benzene rings is 1. The molecule has 3 rings (SSSR count). The topological polar surface area (TPSA) is 90.9 Å². The molecule has 2 aromatic rings. The van der Waals surface area contributed by atoms with Crippen molar-refractivity contribution in [3.63, 3.8) is 0 Å². The summed E-state index contributed by atoms with van der Waals surface area (Å²) < 4.78 is 46.2. The van der Waals surface area contributed by atoms with Gasteiger partial charge in [0.25, 0.3) is 11.8 Å². The Morgan fingerprint density at radius 3 is 2.71 bits per heavy atom. The third kappa shape index (κ3) is 6.10. The number of amides is 2. The first kappa shape index (κ1) is 23.3. The van der Waals surface area contributed by atoms with Gasteiger partial charge in [-0.3, -0.25) is 9.59 Å². The molecule has 1 aliphatic heterocycles. The number of thiophene rings is 1. The Balaban J connectivity index is 1.62. The Bertz CT molecular complexity index is 954. The van der Waals surface area contributed by atoms with Gasteiger partial charge < -0.3 is 25.4 Å². The molecule has 31 heavy (non-hydrogen) atoms. The molecule has 1 aromatic carbocycles. The van der Waals surface area contributed by atoms with Crippen LogP contribution in [0, 0.1) is 0 Å². The van der Waals surface area contributed by atoms with E-state index in [1.807, 2.05) is 0 Å². The lowest BCUT2D eigenvalue weighted by Gasteiger charge is -2.29. The highest BCUT2D eigenvalue weighted by Gasteiger charge is 2.37. The maximum atomic E-state index is 13.6. The van der Waals surface area contributed by atoms with Crippen LogP contribution in [0.2, 0.25) is 4.34 Å². The van der Waals surface area contributed by atoms with Crippen molar-refractivity contribution in [3.8, 4) is 0 Å². The monoisotopic (exact) mass is 477 g/mol. The van der Waals surface area contributed by atoms with Crippen molar-refractivity contribution in [2.75, 3.05) is 43.1 Å². The summed E-state index contributed by atoms with van der Waals surface area (Å²) in [6.07, 6.45) is -5.73. The van der Waals surface area contributed by atoms with Crippen LogP contribution in [-0.4, -0.2) is 55.9 Å². The molecule has 0 saturated carbocycles. The predicted molar refractivity (Wildman–Crippen MR) is 111 cm³/mol. The number of halogens is 4. The number of nitrogens with zero attached hydrogens (tertiary/aromatic N) is 1. The van der Waals surface area contributed by atoms with Gasteiger partial charge in [-0.15, -0.1) is 11.3 Å². The quantitative estimate of drug-likeness (QED) is 0.570. The van der Waals surface area contributed by atoms with Gasteiger partial charge >= 0.3 is 6.18 Å². The highest BCUT2D eigenvalue weighted by atomic mass is 35.5. The van der Waals surface area contributed by atoms with E-state index >= 15 is 0 Å². The van der Waals surface area contributed by atoms with Crippen LogP contribution >= 0.6 is 22.9 Å². The van der Waals surface area contributed by atoms with Gasteiger partial charge in [-0.25, -0.2) is 0 Å². The van der Waals surface area contributed by atoms with E-state index in [-0.39, 0.29) is 44.2 Å². The number of nitrogens with one attached hydrogen (secondary N) is 2. The lowest BCUT2D eigenvalue weighted by atomic mass is 10.1. The molecule has 0 radical (unpaired) electrons. The fourth-order valence-corrected chi connectivity index (χ4v) is 3.88. The number of aliphatic hydroxyl groups is 1. The van der Waals surface area contributed by atoms with E-state index in [0.29, 0.717) is 9.21 Å². The Morgan fingerprint density at radius 2 is 2.06 bits per heavy atom. The summed E-state index contributed by atoms with van der Waals surface area (Å²) in [4.78, 5) is 25.3. The van der Waals surface area contributed by atoms with Crippen LogP contribution in [0.15, 0.2) is 30.3 Å². The average molecular weight is 478 g/mol. The largest absolute Gasteiger partial charge is 0.418 e. The SMILES string of the molecule is O=C(NC[C@H](O)CNc1ccc(N2CCOCC2=O)c(C(F)(F)F)c1)c1ccc(Cl)s1. The maximum absolute atomic E-state index is 13.6. The minimum atomic E-state index is -4.68. The van der Waals surface area contributed by atoms with Crippen molar-refractivity contribution < 1.29 is 32.6 Å². The van der Waals surface area contributed by atoms with Crippen molar-refractivity contribution in [3.05, 3.63) is 45.1 Å². The Morgan fingerprint density at radius 1 is 1.29 bits per heavy atom. The predicted octanol–water partition coefficient (Wildman–Crippen LogP) is 2.99. The van der Waals surface area contributed by atoms with Gasteiger partial charge in [0.1, 0.15) is 6.61 Å². The summed E-state index contributed by atoms with van der Waals surface area (Å²) in [5, 5.41) is 15.3. The van der Waals surface area contributed by atoms with Crippen molar-refractivity contribution in [2.45, 2.75) is 12.3 Å². The molecule has 12 heteroatoms. The van der Waals surface area contributed by atoms with Crippen LogP contribution in [0.5, 0.6) is 0 Å². The van der Waals surface area contributed by atoms with Crippen LogP contribution in [0.25, 0.3) is 0 Å². The molecule has 168 valence electrons. The third-order valence-electron chi connectivity index (χ3n) is 4.42. The molecule has 3 N–H and O–H groups in total. The third-order valence-corrected chi connectivity index (χ3v) is 5.65. The average Bonchev–Trinajstić information content (AvgIpc) is 3.16. The van der Waals surface area contributed by atoms with E-state index in [2.05, 4.69) is 10.6 Å². The van der Waals surface area contributed by atoms with Crippen LogP contribution in [0.4, 0.5) is 24.5 Å². The summed E-state index contributed by atoms with van der Waals surface area (Å²) in [6.45, 7) is -0.291. The van der Waals surface area contributed by atoms with E-state index in [4.69, 9.17) is 16.3 Å². The number of carbonyl (C=O) groups is 2. The smallest absolute Gasteiger partial charge is 0.389 e. The Labute approximate surface area is 184 Å². The zero-order valence-electron chi connectivity index (χ0n) is 16.0. The normalized spacial score (nSPS) is 15.6. The second-order valence-electron chi connectivity index (χ2n) is 6.68. The van der Waals surface area contributed by atoms with E-state index < -0.39 is 29.7 Å². The van der Waals surface area contributed by atoms with Gasteiger partial charge in [-0.05, 0) is 30.3 Å². The molecule has 1 saturated heterocycles. The molecular weight excluding hydrogens is 459 g/mol. The molecule has 0 unspecified atom stereocenters. The second kappa shape index (κ2) is 9.86. The van der Waals surface area contributed by atoms with Crippen molar-refractivity contribution in [1.29, 1.82) is 0 Å². The highest BCUT2D eigenvalue weighted by Crippen LogP contribution is 2.38. The van der Waals surface area contributed by atoms with Crippen molar-refractivity contribution in [1.82, 2.24) is 5.32 Å². The van der Waals surface area contributed by atoms with E-state index in [9.17, 15) is 27.9 Å². The van der Waals surface area contributed by atoms with Crippen LogP contribution in [-0.2, 0) is 15.7 Å². The molecule has 2 amide bonds. The number of hydrogen-bond donors (Lipinski definition) is 3. The van der Waals surface area contributed by atoms with E-state index in [1.165, 1.54) is 12.1 Å². The van der Waals surface area contributed by atoms with Crippen molar-refractivity contribution >= 4 is 46.1 Å². The minimum Gasteiger partial charge on any atom is -0.389 e.